The second kappa shape index (κ2) is 8.77. The van der Waals surface area contributed by atoms with Gasteiger partial charge in [0.05, 0.1) is 17.0 Å². The van der Waals surface area contributed by atoms with Crippen LogP contribution in [0.15, 0.2) is 82.6 Å². The number of hydrogen-bond donors (Lipinski definition) is 2. The van der Waals surface area contributed by atoms with Crippen LogP contribution in [0.3, 0.4) is 0 Å². The van der Waals surface area contributed by atoms with Gasteiger partial charge < -0.3 is 5.32 Å². The molecule has 8 nitrogen and oxygen atoms in total. The molecule has 0 aliphatic heterocycles. The Hall–Kier alpha value is -3.54. The van der Waals surface area contributed by atoms with Gasteiger partial charge in [-0.15, -0.1) is 22.7 Å². The van der Waals surface area contributed by atoms with Crippen molar-refractivity contribution in [1.29, 1.82) is 0 Å². The molecule has 5 rings (SSSR count). The smallest absolute Gasteiger partial charge is 0.263 e. The van der Waals surface area contributed by atoms with Crippen LogP contribution in [0.5, 0.6) is 0 Å². The minimum atomic E-state index is -3.74. The predicted octanol–water partition coefficient (Wildman–Crippen LogP) is 4.50. The number of sulfonamides is 1. The summed E-state index contributed by atoms with van der Waals surface area (Å²) in [5.41, 5.74) is 3.21. The third-order valence-electron chi connectivity index (χ3n) is 4.80. The second-order valence-electron chi connectivity index (χ2n) is 7.06. The maximum atomic E-state index is 12.6. The lowest BCUT2D eigenvalue weighted by atomic mass is 10.2. The Morgan fingerprint density at radius 1 is 1.03 bits per heavy atom. The third kappa shape index (κ3) is 4.65. The van der Waals surface area contributed by atoms with Crippen LogP contribution in [0.25, 0.3) is 16.2 Å². The number of imidazole rings is 1. The molecule has 166 valence electrons. The quantitative estimate of drug-likeness (QED) is 0.346. The third-order valence-corrected chi connectivity index (χ3v) is 7.86. The number of carbonyl (C=O) groups is 1. The standard InChI is InChI=1S/C22H17N5O3S3/c28-20(12-17-14-32-22-25-19(13-27(17)22)15-4-2-1-3-5-15)24-16-6-8-18(9-7-16)33(29,30)26-21-23-10-11-31-21/h1-11,13-14H,12H2,(H,23,26)(H,24,28). The van der Waals surface area contributed by atoms with E-state index in [4.69, 9.17) is 0 Å². The predicted molar refractivity (Wildman–Crippen MR) is 130 cm³/mol. The molecule has 11 heteroatoms. The van der Waals surface area contributed by atoms with Crippen molar-refractivity contribution in [3.63, 3.8) is 0 Å². The molecule has 0 radical (unpaired) electrons. The summed E-state index contributed by atoms with van der Waals surface area (Å²) in [5, 5.41) is 6.71. The lowest BCUT2D eigenvalue weighted by Gasteiger charge is -2.08. The lowest BCUT2D eigenvalue weighted by Crippen LogP contribution is -2.16. The van der Waals surface area contributed by atoms with Gasteiger partial charge in [0.2, 0.25) is 5.91 Å². The summed E-state index contributed by atoms with van der Waals surface area (Å²) in [7, 11) is -3.74. The van der Waals surface area contributed by atoms with E-state index < -0.39 is 10.0 Å². The van der Waals surface area contributed by atoms with Crippen LogP contribution >= 0.6 is 22.7 Å². The van der Waals surface area contributed by atoms with E-state index in [1.807, 2.05) is 46.3 Å². The number of nitrogens with zero attached hydrogens (tertiary/aromatic N) is 3. The van der Waals surface area contributed by atoms with Gasteiger partial charge in [-0.25, -0.2) is 18.4 Å². The maximum Gasteiger partial charge on any atom is 0.263 e. The topological polar surface area (TPSA) is 105 Å². The molecular weight excluding hydrogens is 478 g/mol. The van der Waals surface area contributed by atoms with Crippen LogP contribution in [0.1, 0.15) is 5.69 Å². The van der Waals surface area contributed by atoms with Crippen molar-refractivity contribution >= 4 is 54.4 Å². The van der Waals surface area contributed by atoms with Gasteiger partial charge >= 0.3 is 0 Å². The van der Waals surface area contributed by atoms with E-state index in [0.29, 0.717) is 10.8 Å². The van der Waals surface area contributed by atoms with Crippen LogP contribution in [-0.2, 0) is 21.2 Å². The van der Waals surface area contributed by atoms with Gasteiger partial charge in [0.15, 0.2) is 10.1 Å². The minimum Gasteiger partial charge on any atom is -0.326 e. The van der Waals surface area contributed by atoms with Crippen LogP contribution in [-0.4, -0.2) is 28.7 Å². The largest absolute Gasteiger partial charge is 0.326 e. The SMILES string of the molecule is O=C(Cc1csc2nc(-c3ccccc3)cn12)Nc1ccc(S(=O)(=O)Nc2nccs2)cc1. The summed E-state index contributed by atoms with van der Waals surface area (Å²) in [5.74, 6) is -0.207. The van der Waals surface area contributed by atoms with E-state index in [9.17, 15) is 13.2 Å². The zero-order chi connectivity index (χ0) is 22.8. The van der Waals surface area contributed by atoms with Gasteiger partial charge in [0.1, 0.15) is 0 Å². The monoisotopic (exact) mass is 495 g/mol. The fourth-order valence-electron chi connectivity index (χ4n) is 3.24. The van der Waals surface area contributed by atoms with Gasteiger partial charge in [0.25, 0.3) is 10.0 Å². The molecule has 2 aromatic carbocycles. The number of benzene rings is 2. The fourth-order valence-corrected chi connectivity index (χ4v) is 5.90. The number of nitrogens with one attached hydrogen (secondary N) is 2. The zero-order valence-electron chi connectivity index (χ0n) is 17.0. The van der Waals surface area contributed by atoms with E-state index >= 15 is 0 Å². The van der Waals surface area contributed by atoms with Crippen molar-refractivity contribution in [1.82, 2.24) is 14.4 Å². The highest BCUT2D eigenvalue weighted by Gasteiger charge is 2.16. The molecule has 0 aliphatic rings. The lowest BCUT2D eigenvalue weighted by molar-refractivity contribution is -0.115. The van der Waals surface area contributed by atoms with Gasteiger partial charge in [-0.1, -0.05) is 30.3 Å². The van der Waals surface area contributed by atoms with Crippen LogP contribution in [0.4, 0.5) is 10.8 Å². The van der Waals surface area contributed by atoms with Crippen molar-refractivity contribution in [3.05, 3.63) is 83.4 Å². The van der Waals surface area contributed by atoms with Crippen molar-refractivity contribution < 1.29 is 13.2 Å². The molecule has 0 fully saturated rings. The number of amides is 1. The first-order valence-corrected chi connectivity index (χ1v) is 13.1. The molecule has 5 aromatic rings. The highest BCUT2D eigenvalue weighted by Crippen LogP contribution is 2.24. The van der Waals surface area contributed by atoms with Gasteiger partial charge in [-0.05, 0) is 24.3 Å². The normalized spacial score (nSPS) is 11.5. The Morgan fingerprint density at radius 2 is 1.82 bits per heavy atom. The number of fused-ring (bicyclic) bond motifs is 1. The maximum absolute atomic E-state index is 12.6. The number of anilines is 2. The molecule has 2 N–H and O–H groups in total. The van der Waals surface area contributed by atoms with E-state index in [2.05, 4.69) is 20.0 Å². The Labute approximate surface area is 197 Å². The molecule has 3 heterocycles. The van der Waals surface area contributed by atoms with E-state index in [0.717, 1.165) is 21.9 Å². The first kappa shape index (κ1) is 21.3. The summed E-state index contributed by atoms with van der Waals surface area (Å²) in [4.78, 5) is 22.1. The molecule has 1 amide bonds. The van der Waals surface area contributed by atoms with Gasteiger partial charge in [-0.2, -0.15) is 0 Å². The van der Waals surface area contributed by atoms with Crippen molar-refractivity contribution in [3.8, 4) is 11.3 Å². The van der Waals surface area contributed by atoms with Crippen LogP contribution < -0.4 is 10.0 Å². The van der Waals surface area contributed by atoms with Crippen molar-refractivity contribution in [2.45, 2.75) is 11.3 Å². The first-order valence-electron chi connectivity index (χ1n) is 9.81. The second-order valence-corrected chi connectivity index (χ2v) is 10.5. The molecule has 0 atom stereocenters. The van der Waals surface area contributed by atoms with Gasteiger partial charge in [-0.3, -0.25) is 13.9 Å². The van der Waals surface area contributed by atoms with Crippen LogP contribution in [0.2, 0.25) is 0 Å². The Kier molecular flexibility index (Phi) is 5.67. The fraction of sp³-hybridized carbons (Fsp3) is 0.0455. The molecular formula is C22H17N5O3S3. The van der Waals surface area contributed by atoms with Crippen molar-refractivity contribution in [2.24, 2.45) is 0 Å². The van der Waals surface area contributed by atoms with E-state index in [1.54, 1.807) is 17.5 Å². The molecule has 0 spiro atoms. The van der Waals surface area contributed by atoms with E-state index in [1.165, 1.54) is 41.0 Å². The van der Waals surface area contributed by atoms with Gasteiger partial charge in [0, 0.05) is 40.1 Å². The summed E-state index contributed by atoms with van der Waals surface area (Å²) in [6, 6.07) is 15.9. The average Bonchev–Trinajstić information content (AvgIpc) is 3.54. The summed E-state index contributed by atoms with van der Waals surface area (Å²) in [6.45, 7) is 0. The molecule has 0 unspecified atom stereocenters. The number of aromatic nitrogens is 3. The average molecular weight is 496 g/mol. The highest BCUT2D eigenvalue weighted by atomic mass is 32.2. The molecule has 0 bridgehead atoms. The number of hydrogen-bond acceptors (Lipinski definition) is 7. The zero-order valence-corrected chi connectivity index (χ0v) is 19.5. The van der Waals surface area contributed by atoms with E-state index in [-0.39, 0.29) is 17.2 Å². The van der Waals surface area contributed by atoms with Crippen LogP contribution in [0, 0.1) is 0 Å². The summed E-state index contributed by atoms with van der Waals surface area (Å²) < 4.78 is 29.2. The molecule has 3 aromatic heterocycles. The molecule has 0 saturated carbocycles. The van der Waals surface area contributed by atoms with Crippen molar-refractivity contribution in [2.75, 3.05) is 10.0 Å². The number of rotatable bonds is 7. The molecule has 33 heavy (non-hydrogen) atoms. The Bertz CT molecular complexity index is 1510. The number of carbonyl (C=O) groups excluding carboxylic acids is 1. The Balaban J connectivity index is 1.27. The Morgan fingerprint density at radius 3 is 2.55 bits per heavy atom. The molecule has 0 aliphatic carbocycles. The minimum absolute atomic E-state index is 0.0853. The highest BCUT2D eigenvalue weighted by molar-refractivity contribution is 7.93. The summed E-state index contributed by atoms with van der Waals surface area (Å²) >= 11 is 2.67. The summed E-state index contributed by atoms with van der Waals surface area (Å²) in [6.07, 6.45) is 3.61. The molecule has 0 saturated heterocycles. The first-order chi connectivity index (χ1) is 16.0. The number of thiazole rings is 2.